The van der Waals surface area contributed by atoms with Gasteiger partial charge in [-0.05, 0) is 6.07 Å². The average molecular weight is 281 g/mol. The molecule has 3 N–H and O–H groups in total. The molecule has 1 aromatic heterocycles. The fraction of sp³-hybridized carbons (Fsp3) is 0.455. The third-order valence-electron chi connectivity index (χ3n) is 2.90. The quantitative estimate of drug-likeness (QED) is 0.619. The van der Waals surface area contributed by atoms with E-state index in [1.165, 1.54) is 0 Å². The Kier molecular flexibility index (Phi) is 4.18. The number of carboxylic acid groups (broad SMARTS) is 1. The first kappa shape index (κ1) is 13.8. The predicted molar refractivity (Wildman–Crippen MR) is 66.8 cm³/mol. The lowest BCUT2D eigenvalue weighted by atomic mass is 10.2. The number of rotatable bonds is 4. The van der Waals surface area contributed by atoms with Crippen molar-refractivity contribution in [2.75, 3.05) is 19.6 Å². The van der Waals surface area contributed by atoms with Crippen LogP contribution in [0.2, 0.25) is 0 Å². The minimum atomic E-state index is -1.15. The third-order valence-corrected chi connectivity index (χ3v) is 2.90. The Balaban J connectivity index is 1.88. The predicted octanol–water partition coefficient (Wildman–Crippen LogP) is -1.52. The highest BCUT2D eigenvalue weighted by Crippen LogP contribution is 2.04. The van der Waals surface area contributed by atoms with Crippen LogP contribution in [0.25, 0.3) is 0 Å². The van der Waals surface area contributed by atoms with Crippen LogP contribution in [0, 0.1) is 0 Å². The molecule has 1 saturated heterocycles. The van der Waals surface area contributed by atoms with Crippen LogP contribution in [-0.2, 0) is 16.1 Å². The van der Waals surface area contributed by atoms with Gasteiger partial charge in [0.2, 0.25) is 5.91 Å². The number of nitrogens with zero attached hydrogens (tertiary/aromatic N) is 3. The summed E-state index contributed by atoms with van der Waals surface area (Å²) in [6, 6.07) is 0.147. The molecule has 0 aliphatic carbocycles. The molecule has 1 aliphatic heterocycles. The highest BCUT2D eigenvalue weighted by Gasteiger charge is 2.34. The minimum Gasteiger partial charge on any atom is -0.480 e. The average Bonchev–Trinajstić information content (AvgIpc) is 2.91. The minimum absolute atomic E-state index is 0.0826. The van der Waals surface area contributed by atoms with E-state index < -0.39 is 18.0 Å². The van der Waals surface area contributed by atoms with Crippen molar-refractivity contribution in [3.8, 4) is 0 Å². The van der Waals surface area contributed by atoms with Crippen molar-refractivity contribution < 1.29 is 19.5 Å². The van der Waals surface area contributed by atoms with Gasteiger partial charge in [0, 0.05) is 25.5 Å². The second-order valence-electron chi connectivity index (χ2n) is 4.29. The second kappa shape index (κ2) is 6.04. The van der Waals surface area contributed by atoms with Crippen molar-refractivity contribution in [3.63, 3.8) is 0 Å². The summed E-state index contributed by atoms with van der Waals surface area (Å²) in [5, 5.41) is 18.0. The SMILES string of the molecule is O=C1CN(C(=O)NCCn2cccn2)C(C(=O)O)CN1. The summed E-state index contributed by atoms with van der Waals surface area (Å²) in [7, 11) is 0. The van der Waals surface area contributed by atoms with Crippen molar-refractivity contribution in [2.45, 2.75) is 12.6 Å². The summed E-state index contributed by atoms with van der Waals surface area (Å²) in [5.41, 5.74) is 0. The number of aliphatic carboxylic acids is 1. The Morgan fingerprint density at radius 1 is 1.55 bits per heavy atom. The Labute approximate surface area is 114 Å². The highest BCUT2D eigenvalue weighted by molar-refractivity contribution is 5.90. The number of hydrogen-bond acceptors (Lipinski definition) is 4. The van der Waals surface area contributed by atoms with E-state index in [4.69, 9.17) is 5.11 Å². The lowest BCUT2D eigenvalue weighted by Gasteiger charge is -2.32. The number of hydrogen-bond donors (Lipinski definition) is 3. The smallest absolute Gasteiger partial charge is 0.328 e. The first-order valence-corrected chi connectivity index (χ1v) is 6.09. The maximum Gasteiger partial charge on any atom is 0.328 e. The molecule has 0 bridgehead atoms. The molecule has 1 aliphatic rings. The Morgan fingerprint density at radius 3 is 3.00 bits per heavy atom. The molecule has 2 heterocycles. The van der Waals surface area contributed by atoms with Crippen LogP contribution in [0.15, 0.2) is 18.5 Å². The summed E-state index contributed by atoms with van der Waals surface area (Å²) in [5.74, 6) is -1.52. The van der Waals surface area contributed by atoms with Gasteiger partial charge in [-0.1, -0.05) is 0 Å². The van der Waals surface area contributed by atoms with E-state index in [0.29, 0.717) is 13.1 Å². The first-order chi connectivity index (χ1) is 9.58. The number of aromatic nitrogens is 2. The summed E-state index contributed by atoms with van der Waals surface area (Å²) in [4.78, 5) is 35.3. The number of carboxylic acids is 1. The number of carbonyl (C=O) groups is 3. The van der Waals surface area contributed by atoms with Gasteiger partial charge in [-0.3, -0.25) is 14.4 Å². The van der Waals surface area contributed by atoms with Crippen LogP contribution in [0.4, 0.5) is 4.79 Å². The van der Waals surface area contributed by atoms with Crippen molar-refractivity contribution in [1.29, 1.82) is 0 Å². The molecule has 9 heteroatoms. The maximum absolute atomic E-state index is 11.9. The Morgan fingerprint density at radius 2 is 2.35 bits per heavy atom. The molecule has 0 saturated carbocycles. The molecule has 1 aromatic rings. The largest absolute Gasteiger partial charge is 0.480 e. The third kappa shape index (κ3) is 3.25. The maximum atomic E-state index is 11.9. The van der Waals surface area contributed by atoms with Crippen LogP contribution >= 0.6 is 0 Å². The van der Waals surface area contributed by atoms with Gasteiger partial charge < -0.3 is 15.7 Å². The van der Waals surface area contributed by atoms with Crippen LogP contribution in [0.3, 0.4) is 0 Å². The standard InChI is InChI=1S/C11H15N5O4/c17-9-7-16(8(6-13-9)10(18)19)11(20)12-3-5-15-4-1-2-14-15/h1-2,4,8H,3,5-7H2,(H,12,20)(H,13,17)(H,18,19). The van der Waals surface area contributed by atoms with Crippen LogP contribution in [0.1, 0.15) is 0 Å². The second-order valence-corrected chi connectivity index (χ2v) is 4.29. The summed E-state index contributed by atoms with van der Waals surface area (Å²) in [6.45, 7) is 0.423. The molecular formula is C11H15N5O4. The Hall–Kier alpha value is -2.58. The summed E-state index contributed by atoms with van der Waals surface area (Å²) < 4.78 is 1.64. The molecule has 3 amide bonds. The molecule has 9 nitrogen and oxygen atoms in total. The van der Waals surface area contributed by atoms with Crippen molar-refractivity contribution in [3.05, 3.63) is 18.5 Å². The molecule has 2 rings (SSSR count). The molecule has 0 spiro atoms. The molecule has 0 aromatic carbocycles. The number of amides is 3. The van der Waals surface area contributed by atoms with Gasteiger partial charge in [-0.2, -0.15) is 5.10 Å². The monoisotopic (exact) mass is 281 g/mol. The van der Waals surface area contributed by atoms with Crippen molar-refractivity contribution in [1.82, 2.24) is 25.3 Å². The van der Waals surface area contributed by atoms with E-state index in [1.54, 1.807) is 23.1 Å². The van der Waals surface area contributed by atoms with E-state index in [0.717, 1.165) is 4.90 Å². The first-order valence-electron chi connectivity index (χ1n) is 6.09. The lowest BCUT2D eigenvalue weighted by molar-refractivity contribution is -0.144. The molecular weight excluding hydrogens is 266 g/mol. The molecule has 1 unspecified atom stereocenters. The zero-order chi connectivity index (χ0) is 14.5. The van der Waals surface area contributed by atoms with E-state index in [9.17, 15) is 14.4 Å². The van der Waals surface area contributed by atoms with Gasteiger partial charge in [0.1, 0.15) is 12.6 Å². The zero-order valence-electron chi connectivity index (χ0n) is 10.7. The fourth-order valence-corrected chi connectivity index (χ4v) is 1.89. The van der Waals surface area contributed by atoms with Crippen LogP contribution in [-0.4, -0.2) is 63.4 Å². The van der Waals surface area contributed by atoms with Gasteiger partial charge in [0.25, 0.3) is 0 Å². The fourth-order valence-electron chi connectivity index (χ4n) is 1.89. The van der Waals surface area contributed by atoms with Crippen LogP contribution in [0.5, 0.6) is 0 Å². The van der Waals surface area contributed by atoms with Gasteiger partial charge in [-0.25, -0.2) is 9.59 Å². The van der Waals surface area contributed by atoms with Gasteiger partial charge >= 0.3 is 12.0 Å². The van der Waals surface area contributed by atoms with Crippen molar-refractivity contribution in [2.24, 2.45) is 0 Å². The number of nitrogens with one attached hydrogen (secondary N) is 2. The van der Waals surface area contributed by atoms with Crippen molar-refractivity contribution >= 4 is 17.9 Å². The normalized spacial score (nSPS) is 18.5. The van der Waals surface area contributed by atoms with E-state index >= 15 is 0 Å². The molecule has 1 atom stereocenters. The van der Waals surface area contributed by atoms with Gasteiger partial charge in [0.05, 0.1) is 6.54 Å². The zero-order valence-corrected chi connectivity index (χ0v) is 10.7. The molecule has 20 heavy (non-hydrogen) atoms. The number of piperazine rings is 1. The van der Waals surface area contributed by atoms with E-state index in [1.807, 2.05) is 0 Å². The van der Waals surface area contributed by atoms with Gasteiger partial charge in [-0.15, -0.1) is 0 Å². The van der Waals surface area contributed by atoms with Crippen LogP contribution < -0.4 is 10.6 Å². The molecule has 0 radical (unpaired) electrons. The number of urea groups is 1. The Bertz CT molecular complexity index is 501. The summed E-state index contributed by atoms with van der Waals surface area (Å²) >= 11 is 0. The number of carbonyl (C=O) groups excluding carboxylic acids is 2. The summed E-state index contributed by atoms with van der Waals surface area (Å²) in [6.07, 6.45) is 3.37. The van der Waals surface area contributed by atoms with Gasteiger partial charge in [0.15, 0.2) is 0 Å². The van der Waals surface area contributed by atoms with E-state index in [-0.39, 0.29) is 19.0 Å². The topological polar surface area (TPSA) is 117 Å². The van der Waals surface area contributed by atoms with E-state index in [2.05, 4.69) is 15.7 Å². The molecule has 108 valence electrons. The lowest BCUT2D eigenvalue weighted by Crippen LogP contribution is -2.61. The molecule has 1 fully saturated rings. The highest BCUT2D eigenvalue weighted by atomic mass is 16.4.